The van der Waals surface area contributed by atoms with Crippen molar-refractivity contribution in [1.29, 1.82) is 0 Å². The lowest BCUT2D eigenvalue weighted by Gasteiger charge is -2.27. The van der Waals surface area contributed by atoms with E-state index in [1.807, 2.05) is 54.6 Å². The smallest absolute Gasteiger partial charge is 0.261 e. The number of ether oxygens (including phenoxy) is 1. The zero-order chi connectivity index (χ0) is 21.6. The summed E-state index contributed by atoms with van der Waals surface area (Å²) < 4.78 is 5.37. The van der Waals surface area contributed by atoms with Crippen molar-refractivity contribution in [3.8, 4) is 5.75 Å². The van der Waals surface area contributed by atoms with Crippen LogP contribution in [-0.2, 0) is 6.54 Å². The van der Waals surface area contributed by atoms with Crippen LogP contribution in [0.1, 0.15) is 52.0 Å². The van der Waals surface area contributed by atoms with E-state index in [4.69, 9.17) is 4.74 Å². The number of unbranched alkanes of at least 4 members (excludes halogenated alkanes) is 3. The molecule has 5 nitrogen and oxygen atoms in total. The molecule has 5 heteroatoms. The molecule has 1 aliphatic rings. The maximum Gasteiger partial charge on any atom is 0.261 e. The molecule has 0 aromatic heterocycles. The number of carbonyl (C=O) groups excluding carboxylic acids is 2. The van der Waals surface area contributed by atoms with E-state index < -0.39 is 0 Å². The number of hydrogen-bond acceptors (Lipinski definition) is 4. The van der Waals surface area contributed by atoms with Gasteiger partial charge in [-0.3, -0.25) is 14.5 Å². The first-order chi connectivity index (χ1) is 15.2. The molecule has 0 atom stereocenters. The third-order valence-corrected chi connectivity index (χ3v) is 5.85. The summed E-state index contributed by atoms with van der Waals surface area (Å²) in [5.41, 5.74) is 2.42. The van der Waals surface area contributed by atoms with E-state index in [2.05, 4.69) is 11.4 Å². The zero-order valence-corrected chi connectivity index (χ0v) is 17.9. The lowest BCUT2D eigenvalue weighted by Crippen LogP contribution is -2.40. The zero-order valence-electron chi connectivity index (χ0n) is 17.9. The highest BCUT2D eigenvalue weighted by Crippen LogP contribution is 2.30. The van der Waals surface area contributed by atoms with E-state index in [1.165, 1.54) is 4.90 Å². The van der Waals surface area contributed by atoms with Crippen molar-refractivity contribution in [3.63, 3.8) is 0 Å². The second kappa shape index (κ2) is 9.75. The molecule has 0 bridgehead atoms. The molecule has 0 unspecified atom stereocenters. The summed E-state index contributed by atoms with van der Waals surface area (Å²) >= 11 is 0. The number of para-hydroxylation sites is 1. The van der Waals surface area contributed by atoms with Crippen LogP contribution in [-0.4, -0.2) is 36.9 Å². The number of carbonyl (C=O) groups is 2. The fraction of sp³-hybridized carbons (Fsp3) is 0.308. The molecule has 0 fully saturated rings. The Morgan fingerprint density at radius 3 is 2.19 bits per heavy atom. The van der Waals surface area contributed by atoms with E-state index in [-0.39, 0.29) is 11.8 Å². The van der Waals surface area contributed by atoms with E-state index in [1.54, 1.807) is 7.11 Å². The number of hydrogen-bond donors (Lipinski definition) is 1. The molecule has 3 aromatic carbocycles. The lowest BCUT2D eigenvalue weighted by molar-refractivity contribution is 0.0607. The van der Waals surface area contributed by atoms with Gasteiger partial charge in [0.2, 0.25) is 0 Å². The summed E-state index contributed by atoms with van der Waals surface area (Å²) in [6, 6.07) is 19.3. The summed E-state index contributed by atoms with van der Waals surface area (Å²) in [5, 5.41) is 5.19. The van der Waals surface area contributed by atoms with Crippen LogP contribution >= 0.6 is 0 Å². The van der Waals surface area contributed by atoms with Gasteiger partial charge in [0.25, 0.3) is 11.8 Å². The number of nitrogens with one attached hydrogen (secondary N) is 1. The fourth-order valence-electron chi connectivity index (χ4n) is 4.23. The fourth-order valence-corrected chi connectivity index (χ4v) is 4.23. The number of benzene rings is 3. The molecule has 2 amide bonds. The van der Waals surface area contributed by atoms with Crippen LogP contribution in [0.2, 0.25) is 0 Å². The van der Waals surface area contributed by atoms with Gasteiger partial charge in [-0.2, -0.15) is 0 Å². The minimum absolute atomic E-state index is 0.173. The van der Waals surface area contributed by atoms with Gasteiger partial charge in [0, 0.05) is 35.2 Å². The van der Waals surface area contributed by atoms with Crippen LogP contribution in [0, 0.1) is 0 Å². The van der Waals surface area contributed by atoms with Gasteiger partial charge in [-0.15, -0.1) is 0 Å². The maximum absolute atomic E-state index is 12.9. The summed E-state index contributed by atoms with van der Waals surface area (Å²) in [6.07, 6.45) is 3.92. The van der Waals surface area contributed by atoms with E-state index >= 15 is 0 Å². The van der Waals surface area contributed by atoms with Crippen LogP contribution in [0.5, 0.6) is 5.75 Å². The monoisotopic (exact) mass is 416 g/mol. The van der Waals surface area contributed by atoms with Crippen molar-refractivity contribution in [2.75, 3.05) is 20.2 Å². The number of rotatable bonds is 10. The average molecular weight is 417 g/mol. The Morgan fingerprint density at radius 1 is 0.806 bits per heavy atom. The third kappa shape index (κ3) is 4.47. The first-order valence-electron chi connectivity index (χ1n) is 10.9. The topological polar surface area (TPSA) is 58.6 Å². The minimum atomic E-state index is -0.173. The maximum atomic E-state index is 12.9. The molecule has 0 aliphatic carbocycles. The highest BCUT2D eigenvalue weighted by atomic mass is 16.5. The molecule has 4 rings (SSSR count). The lowest BCUT2D eigenvalue weighted by atomic mass is 9.94. The van der Waals surface area contributed by atoms with Crippen molar-refractivity contribution in [1.82, 2.24) is 10.2 Å². The van der Waals surface area contributed by atoms with Gasteiger partial charge in [-0.05, 0) is 43.0 Å². The Labute approximate surface area is 183 Å². The molecule has 1 aliphatic heterocycles. The highest BCUT2D eigenvalue weighted by Gasteiger charge is 2.31. The van der Waals surface area contributed by atoms with E-state index in [0.29, 0.717) is 17.7 Å². The highest BCUT2D eigenvalue weighted by molar-refractivity contribution is 6.25. The van der Waals surface area contributed by atoms with Gasteiger partial charge in [0.1, 0.15) is 5.75 Å². The molecule has 0 spiro atoms. The Balaban J connectivity index is 1.22. The molecule has 1 N–H and O–H groups in total. The molecule has 0 radical (unpaired) electrons. The normalized spacial score (nSPS) is 13.1. The van der Waals surface area contributed by atoms with Crippen molar-refractivity contribution in [2.24, 2.45) is 0 Å². The number of methoxy groups -OCH3 is 1. The summed E-state index contributed by atoms with van der Waals surface area (Å²) in [6.45, 7) is 2.18. The average Bonchev–Trinajstić information content (AvgIpc) is 2.81. The molecular formula is C26H28N2O3. The largest absolute Gasteiger partial charge is 0.496 e. The van der Waals surface area contributed by atoms with Crippen LogP contribution in [0.25, 0.3) is 10.8 Å². The quantitative estimate of drug-likeness (QED) is 0.381. The van der Waals surface area contributed by atoms with Gasteiger partial charge >= 0.3 is 0 Å². The van der Waals surface area contributed by atoms with Gasteiger partial charge < -0.3 is 10.1 Å². The van der Waals surface area contributed by atoms with Gasteiger partial charge in [0.05, 0.1) is 7.11 Å². The predicted molar refractivity (Wildman–Crippen MR) is 122 cm³/mol. The van der Waals surface area contributed by atoms with Crippen LogP contribution in [0.15, 0.2) is 60.7 Å². The second-order valence-corrected chi connectivity index (χ2v) is 7.87. The SMILES string of the molecule is COc1ccccc1CNCCCCCCN1C(=O)c2cccc3cccc(c23)C1=O. The van der Waals surface area contributed by atoms with Gasteiger partial charge in [0.15, 0.2) is 0 Å². The number of imide groups is 1. The van der Waals surface area contributed by atoms with Crippen molar-refractivity contribution in [3.05, 3.63) is 77.4 Å². The van der Waals surface area contributed by atoms with Gasteiger partial charge in [-0.25, -0.2) is 0 Å². The third-order valence-electron chi connectivity index (χ3n) is 5.85. The molecule has 0 saturated heterocycles. The number of amides is 2. The Hall–Kier alpha value is -3.18. The molecule has 160 valence electrons. The molecule has 3 aromatic rings. The standard InChI is InChI=1S/C26H28N2O3/c1-31-23-15-5-4-10-20(23)18-27-16-6-2-3-7-17-28-25(29)21-13-8-11-19-12-9-14-22(24(19)21)26(28)30/h4-5,8-15,27H,2-3,6-7,16-18H2,1H3. The summed E-state index contributed by atoms with van der Waals surface area (Å²) in [7, 11) is 1.69. The Morgan fingerprint density at radius 2 is 1.48 bits per heavy atom. The molecular weight excluding hydrogens is 388 g/mol. The Bertz CT molecular complexity index is 1040. The van der Waals surface area contributed by atoms with Gasteiger partial charge in [-0.1, -0.05) is 55.3 Å². The second-order valence-electron chi connectivity index (χ2n) is 7.87. The first-order valence-corrected chi connectivity index (χ1v) is 10.9. The summed E-state index contributed by atoms with van der Waals surface area (Å²) in [5.74, 6) is 0.559. The van der Waals surface area contributed by atoms with E-state index in [9.17, 15) is 9.59 Å². The van der Waals surface area contributed by atoms with Crippen LogP contribution in [0.4, 0.5) is 0 Å². The minimum Gasteiger partial charge on any atom is -0.496 e. The molecule has 31 heavy (non-hydrogen) atoms. The summed E-state index contributed by atoms with van der Waals surface area (Å²) in [4.78, 5) is 27.2. The van der Waals surface area contributed by atoms with Crippen molar-refractivity contribution in [2.45, 2.75) is 32.2 Å². The van der Waals surface area contributed by atoms with Crippen LogP contribution in [0.3, 0.4) is 0 Å². The first kappa shape index (κ1) is 21.1. The van der Waals surface area contributed by atoms with Crippen molar-refractivity contribution < 1.29 is 14.3 Å². The number of nitrogens with zero attached hydrogens (tertiary/aromatic N) is 1. The Kier molecular flexibility index (Phi) is 6.63. The van der Waals surface area contributed by atoms with Crippen LogP contribution < -0.4 is 10.1 Å². The van der Waals surface area contributed by atoms with Crippen molar-refractivity contribution >= 4 is 22.6 Å². The predicted octanol–water partition coefficient (Wildman–Crippen LogP) is 4.79. The molecule has 0 saturated carbocycles. The molecule has 1 heterocycles. The van der Waals surface area contributed by atoms with E-state index in [0.717, 1.165) is 60.9 Å².